The van der Waals surface area contributed by atoms with Gasteiger partial charge in [0.05, 0.1) is 17.8 Å². The first-order chi connectivity index (χ1) is 8.58. The van der Waals surface area contributed by atoms with Crippen LogP contribution >= 0.6 is 0 Å². The second-order valence-corrected chi connectivity index (χ2v) is 5.70. The molecule has 1 aliphatic carbocycles. The maximum absolute atomic E-state index is 12.2. The van der Waals surface area contributed by atoms with Gasteiger partial charge < -0.3 is 10.6 Å². The van der Waals surface area contributed by atoms with Gasteiger partial charge in [0.15, 0.2) is 0 Å². The number of amides is 1. The molecule has 1 aromatic heterocycles. The number of likely N-dealkylation sites (tertiary alicyclic amines) is 1. The minimum absolute atomic E-state index is 0.135. The molecule has 1 unspecified atom stereocenters. The van der Waals surface area contributed by atoms with Crippen molar-refractivity contribution in [2.75, 3.05) is 13.1 Å². The number of carbonyl (C=O) groups is 1. The van der Waals surface area contributed by atoms with Crippen molar-refractivity contribution in [1.29, 1.82) is 0 Å². The van der Waals surface area contributed by atoms with Crippen LogP contribution in [-0.2, 0) is 4.79 Å². The smallest absolute Gasteiger partial charge is 0.242 e. The molecule has 1 aromatic rings. The molecule has 0 radical (unpaired) electrons. The predicted octanol–water partition coefficient (Wildman–Crippen LogP) is 0.846. The van der Waals surface area contributed by atoms with Gasteiger partial charge in [0.1, 0.15) is 0 Å². The molecule has 5 nitrogen and oxygen atoms in total. The van der Waals surface area contributed by atoms with E-state index >= 15 is 0 Å². The summed E-state index contributed by atoms with van der Waals surface area (Å²) < 4.78 is 1.99. The summed E-state index contributed by atoms with van der Waals surface area (Å²) in [5.41, 5.74) is 6.62. The number of piperidine rings is 1. The fourth-order valence-electron chi connectivity index (χ4n) is 2.65. The third-order valence-corrected chi connectivity index (χ3v) is 4.00. The van der Waals surface area contributed by atoms with Crippen molar-refractivity contribution in [3.8, 4) is 0 Å². The van der Waals surface area contributed by atoms with Gasteiger partial charge in [0, 0.05) is 19.3 Å². The Morgan fingerprint density at radius 2 is 2.33 bits per heavy atom. The lowest BCUT2D eigenvalue weighted by atomic mass is 10.0. The predicted molar refractivity (Wildman–Crippen MR) is 68.0 cm³/mol. The van der Waals surface area contributed by atoms with E-state index in [1.165, 1.54) is 0 Å². The molecule has 2 heterocycles. The summed E-state index contributed by atoms with van der Waals surface area (Å²) in [6.45, 7) is 3.63. The van der Waals surface area contributed by atoms with Crippen molar-refractivity contribution < 1.29 is 4.79 Å². The second kappa shape index (κ2) is 4.09. The lowest BCUT2D eigenvalue weighted by Crippen LogP contribution is -2.49. The maximum atomic E-state index is 12.2. The van der Waals surface area contributed by atoms with Crippen LogP contribution in [0.2, 0.25) is 0 Å². The van der Waals surface area contributed by atoms with Crippen molar-refractivity contribution in [2.24, 2.45) is 5.73 Å². The second-order valence-electron chi connectivity index (χ2n) is 5.70. The Hall–Kier alpha value is -1.36. The number of carbonyl (C=O) groups excluding carboxylic acids is 1. The summed E-state index contributed by atoms with van der Waals surface area (Å²) in [6.07, 6.45) is 7.72. The van der Waals surface area contributed by atoms with Gasteiger partial charge in [-0.25, -0.2) is 0 Å². The van der Waals surface area contributed by atoms with Crippen LogP contribution in [0.15, 0.2) is 12.4 Å². The molecule has 18 heavy (non-hydrogen) atoms. The van der Waals surface area contributed by atoms with E-state index in [1.54, 1.807) is 0 Å². The maximum Gasteiger partial charge on any atom is 0.242 e. The van der Waals surface area contributed by atoms with Crippen molar-refractivity contribution in [1.82, 2.24) is 14.7 Å². The van der Waals surface area contributed by atoms with E-state index in [-0.39, 0.29) is 5.91 Å². The Labute approximate surface area is 107 Å². The standard InChI is InChI=1S/C13H20N4O/c1-10-7-15-17(8-10)11-3-2-6-16(9-11)12(18)13(14)4-5-13/h7-8,11H,2-6,9,14H2,1H3. The fourth-order valence-corrected chi connectivity index (χ4v) is 2.65. The normalized spacial score (nSPS) is 26.1. The van der Waals surface area contributed by atoms with E-state index in [0.29, 0.717) is 6.04 Å². The van der Waals surface area contributed by atoms with E-state index in [1.807, 2.05) is 28.9 Å². The van der Waals surface area contributed by atoms with Crippen LogP contribution in [0.1, 0.15) is 37.3 Å². The van der Waals surface area contributed by atoms with Crippen molar-refractivity contribution >= 4 is 5.91 Å². The van der Waals surface area contributed by atoms with Gasteiger partial charge in [0.2, 0.25) is 5.91 Å². The molecule has 3 rings (SSSR count). The summed E-state index contributed by atoms with van der Waals surface area (Å²) in [6, 6.07) is 0.304. The van der Waals surface area contributed by atoms with Crippen LogP contribution in [0.3, 0.4) is 0 Å². The van der Waals surface area contributed by atoms with Crippen LogP contribution in [0.25, 0.3) is 0 Å². The van der Waals surface area contributed by atoms with Gasteiger partial charge >= 0.3 is 0 Å². The minimum atomic E-state index is -0.540. The van der Waals surface area contributed by atoms with Crippen LogP contribution in [0, 0.1) is 6.92 Å². The van der Waals surface area contributed by atoms with E-state index in [4.69, 9.17) is 5.73 Å². The molecule has 1 amide bonds. The Balaban J connectivity index is 1.70. The molecule has 1 saturated carbocycles. The quantitative estimate of drug-likeness (QED) is 0.843. The number of hydrogen-bond donors (Lipinski definition) is 1. The fraction of sp³-hybridized carbons (Fsp3) is 0.692. The Morgan fingerprint density at radius 3 is 2.94 bits per heavy atom. The first-order valence-electron chi connectivity index (χ1n) is 6.67. The van der Waals surface area contributed by atoms with E-state index in [9.17, 15) is 4.79 Å². The molecule has 1 aliphatic heterocycles. The zero-order valence-electron chi connectivity index (χ0n) is 10.8. The van der Waals surface area contributed by atoms with Crippen LogP contribution < -0.4 is 5.73 Å². The molecule has 2 aliphatic rings. The molecule has 2 N–H and O–H groups in total. The number of aryl methyl sites for hydroxylation is 1. The van der Waals surface area contributed by atoms with Gasteiger partial charge in [0.25, 0.3) is 0 Å². The molecule has 5 heteroatoms. The summed E-state index contributed by atoms with van der Waals surface area (Å²) in [5.74, 6) is 0.135. The highest BCUT2D eigenvalue weighted by Gasteiger charge is 2.48. The summed E-state index contributed by atoms with van der Waals surface area (Å²) in [7, 11) is 0. The average Bonchev–Trinajstić information content (AvgIpc) is 2.98. The molecule has 1 saturated heterocycles. The highest BCUT2D eigenvalue weighted by atomic mass is 16.2. The number of nitrogens with two attached hydrogens (primary N) is 1. The Kier molecular flexibility index (Phi) is 2.66. The van der Waals surface area contributed by atoms with Crippen LogP contribution in [0.4, 0.5) is 0 Å². The van der Waals surface area contributed by atoms with Crippen LogP contribution in [-0.4, -0.2) is 39.2 Å². The topological polar surface area (TPSA) is 64.2 Å². The van der Waals surface area contributed by atoms with Gasteiger partial charge in [-0.1, -0.05) is 0 Å². The number of rotatable bonds is 2. The zero-order valence-corrected chi connectivity index (χ0v) is 10.8. The average molecular weight is 248 g/mol. The monoisotopic (exact) mass is 248 g/mol. The number of aromatic nitrogens is 2. The Morgan fingerprint density at radius 1 is 1.56 bits per heavy atom. The van der Waals surface area contributed by atoms with Gasteiger partial charge in [-0.2, -0.15) is 5.10 Å². The highest BCUT2D eigenvalue weighted by Crippen LogP contribution is 2.35. The molecular weight excluding hydrogens is 228 g/mol. The number of nitrogens with zero attached hydrogens (tertiary/aromatic N) is 3. The van der Waals surface area contributed by atoms with E-state index in [2.05, 4.69) is 5.10 Å². The van der Waals surface area contributed by atoms with Crippen molar-refractivity contribution in [3.05, 3.63) is 18.0 Å². The first-order valence-corrected chi connectivity index (χ1v) is 6.67. The molecule has 0 spiro atoms. The Bertz CT molecular complexity index is 463. The molecular formula is C13H20N4O. The summed E-state index contributed by atoms with van der Waals surface area (Å²) in [4.78, 5) is 14.2. The van der Waals surface area contributed by atoms with E-state index in [0.717, 1.165) is 44.3 Å². The molecule has 98 valence electrons. The lowest BCUT2D eigenvalue weighted by Gasteiger charge is -2.34. The van der Waals surface area contributed by atoms with Gasteiger partial charge in [-0.3, -0.25) is 9.48 Å². The third-order valence-electron chi connectivity index (χ3n) is 4.00. The lowest BCUT2D eigenvalue weighted by molar-refractivity contribution is -0.135. The van der Waals surface area contributed by atoms with E-state index < -0.39 is 5.54 Å². The number of hydrogen-bond acceptors (Lipinski definition) is 3. The minimum Gasteiger partial charge on any atom is -0.339 e. The largest absolute Gasteiger partial charge is 0.339 e. The summed E-state index contributed by atoms with van der Waals surface area (Å²) >= 11 is 0. The summed E-state index contributed by atoms with van der Waals surface area (Å²) in [5, 5.41) is 4.36. The molecule has 2 fully saturated rings. The highest BCUT2D eigenvalue weighted by molar-refractivity contribution is 5.89. The molecule has 1 atom stereocenters. The van der Waals surface area contributed by atoms with Gasteiger partial charge in [-0.05, 0) is 38.2 Å². The van der Waals surface area contributed by atoms with Crippen LogP contribution in [0.5, 0.6) is 0 Å². The SMILES string of the molecule is Cc1cnn(C2CCCN(C(=O)C3(N)CC3)C2)c1. The van der Waals surface area contributed by atoms with Gasteiger partial charge in [-0.15, -0.1) is 0 Å². The molecule has 0 bridgehead atoms. The third kappa shape index (κ3) is 2.03. The zero-order chi connectivity index (χ0) is 12.8. The first kappa shape index (κ1) is 11.7. The van der Waals surface area contributed by atoms with Crippen molar-refractivity contribution in [3.63, 3.8) is 0 Å². The van der Waals surface area contributed by atoms with Crippen molar-refractivity contribution in [2.45, 2.75) is 44.2 Å². The molecule has 0 aromatic carbocycles.